The largest absolute Gasteiger partial charge is 0.393 e. The molecule has 5 heteroatoms. The summed E-state index contributed by atoms with van der Waals surface area (Å²) in [7, 11) is 4.07. The fraction of sp³-hybridized carbons (Fsp3) is 0.769. The lowest BCUT2D eigenvalue weighted by Gasteiger charge is -2.13. The van der Waals surface area contributed by atoms with Gasteiger partial charge in [-0.1, -0.05) is 24.9 Å². The molecule has 0 bridgehead atoms. The van der Waals surface area contributed by atoms with Gasteiger partial charge in [-0.15, -0.1) is 0 Å². The lowest BCUT2D eigenvalue weighted by molar-refractivity contribution is 0.153. The first kappa shape index (κ1) is 15.5. The number of rotatable bonds is 8. The molecular formula is C13H24ClN3O. The minimum absolute atomic E-state index is 0.233. The molecule has 1 aromatic rings. The third-order valence-corrected chi connectivity index (χ3v) is 3.31. The minimum atomic E-state index is -0.233. The number of aliphatic hydroxyl groups excluding tert-OH is 1. The van der Waals surface area contributed by atoms with E-state index in [1.54, 1.807) is 6.20 Å². The van der Waals surface area contributed by atoms with Crippen LogP contribution in [-0.2, 0) is 13.0 Å². The van der Waals surface area contributed by atoms with Crippen LogP contribution < -0.4 is 0 Å². The minimum Gasteiger partial charge on any atom is -0.393 e. The van der Waals surface area contributed by atoms with Crippen LogP contribution in [0, 0.1) is 0 Å². The van der Waals surface area contributed by atoms with Gasteiger partial charge >= 0.3 is 0 Å². The van der Waals surface area contributed by atoms with Crippen molar-refractivity contribution in [3.05, 3.63) is 16.9 Å². The first-order valence-corrected chi connectivity index (χ1v) is 6.95. The van der Waals surface area contributed by atoms with E-state index >= 15 is 0 Å². The molecule has 0 saturated carbocycles. The molecule has 0 radical (unpaired) electrons. The molecule has 0 amide bonds. The van der Waals surface area contributed by atoms with Gasteiger partial charge in [-0.2, -0.15) is 5.10 Å². The molecule has 1 unspecified atom stereocenters. The normalized spacial score (nSPS) is 13.2. The van der Waals surface area contributed by atoms with Crippen LogP contribution in [-0.4, -0.2) is 46.5 Å². The van der Waals surface area contributed by atoms with Crippen LogP contribution in [0.15, 0.2) is 6.20 Å². The highest BCUT2D eigenvalue weighted by molar-refractivity contribution is 6.31. The van der Waals surface area contributed by atoms with E-state index in [1.165, 1.54) is 0 Å². The zero-order valence-electron chi connectivity index (χ0n) is 11.6. The van der Waals surface area contributed by atoms with Gasteiger partial charge in [0.2, 0.25) is 0 Å². The van der Waals surface area contributed by atoms with Gasteiger partial charge in [0.1, 0.15) is 0 Å². The highest BCUT2D eigenvalue weighted by Crippen LogP contribution is 2.18. The number of hydrogen-bond acceptors (Lipinski definition) is 3. The summed E-state index contributed by atoms with van der Waals surface area (Å²) in [5.41, 5.74) is 1.04. The molecule has 18 heavy (non-hydrogen) atoms. The SMILES string of the molecule is CCCC(O)CCc1c(Cl)cnn1CCN(C)C. The summed E-state index contributed by atoms with van der Waals surface area (Å²) in [5.74, 6) is 0. The summed E-state index contributed by atoms with van der Waals surface area (Å²) in [6, 6.07) is 0. The zero-order valence-corrected chi connectivity index (χ0v) is 12.3. The van der Waals surface area contributed by atoms with Crippen LogP contribution in [0.5, 0.6) is 0 Å². The molecule has 0 saturated heterocycles. The van der Waals surface area contributed by atoms with Crippen LogP contribution in [0.3, 0.4) is 0 Å². The van der Waals surface area contributed by atoms with Crippen molar-refractivity contribution < 1.29 is 5.11 Å². The third kappa shape index (κ3) is 4.96. The number of halogens is 1. The Bertz CT molecular complexity index is 352. The summed E-state index contributed by atoms with van der Waals surface area (Å²) in [6.45, 7) is 3.85. The fourth-order valence-electron chi connectivity index (χ4n) is 1.90. The molecule has 1 heterocycles. The second kappa shape index (κ2) is 7.77. The quantitative estimate of drug-likeness (QED) is 0.789. The Labute approximate surface area is 115 Å². The second-order valence-electron chi connectivity index (χ2n) is 4.95. The van der Waals surface area contributed by atoms with Gasteiger partial charge in [0.05, 0.1) is 29.6 Å². The van der Waals surface area contributed by atoms with Crippen molar-refractivity contribution in [2.75, 3.05) is 20.6 Å². The van der Waals surface area contributed by atoms with Crippen LogP contribution in [0.1, 0.15) is 31.9 Å². The molecule has 0 aromatic carbocycles. The maximum Gasteiger partial charge on any atom is 0.0817 e. The average molecular weight is 274 g/mol. The van der Waals surface area contributed by atoms with Crippen molar-refractivity contribution in [1.29, 1.82) is 0 Å². The second-order valence-corrected chi connectivity index (χ2v) is 5.35. The van der Waals surface area contributed by atoms with Gasteiger partial charge in [-0.3, -0.25) is 4.68 Å². The molecule has 1 aromatic heterocycles. The van der Waals surface area contributed by atoms with Crippen molar-refractivity contribution in [2.45, 2.75) is 45.3 Å². The molecule has 4 nitrogen and oxygen atoms in total. The Kier molecular flexibility index (Phi) is 6.68. The first-order valence-electron chi connectivity index (χ1n) is 6.57. The van der Waals surface area contributed by atoms with Crippen molar-refractivity contribution >= 4 is 11.6 Å². The average Bonchev–Trinajstić information content (AvgIpc) is 2.65. The Morgan fingerprint density at radius 1 is 1.44 bits per heavy atom. The summed E-state index contributed by atoms with van der Waals surface area (Å²) < 4.78 is 1.95. The van der Waals surface area contributed by atoms with Crippen molar-refractivity contribution in [3.8, 4) is 0 Å². The van der Waals surface area contributed by atoms with Crippen molar-refractivity contribution in [3.63, 3.8) is 0 Å². The lowest BCUT2D eigenvalue weighted by atomic mass is 10.1. The molecule has 0 aliphatic rings. The van der Waals surface area contributed by atoms with E-state index in [0.717, 1.165) is 44.5 Å². The molecule has 1 atom stereocenters. The van der Waals surface area contributed by atoms with Gasteiger partial charge in [0, 0.05) is 6.54 Å². The first-order chi connectivity index (χ1) is 8.54. The molecule has 0 fully saturated rings. The van der Waals surface area contributed by atoms with E-state index in [1.807, 2.05) is 18.8 Å². The summed E-state index contributed by atoms with van der Waals surface area (Å²) in [4.78, 5) is 2.12. The molecule has 1 rings (SSSR count). The Morgan fingerprint density at radius 2 is 2.17 bits per heavy atom. The van der Waals surface area contributed by atoms with Crippen molar-refractivity contribution in [1.82, 2.24) is 14.7 Å². The maximum absolute atomic E-state index is 9.77. The maximum atomic E-state index is 9.77. The Morgan fingerprint density at radius 3 is 2.78 bits per heavy atom. The van der Waals surface area contributed by atoms with Crippen molar-refractivity contribution in [2.24, 2.45) is 0 Å². The molecule has 1 N–H and O–H groups in total. The van der Waals surface area contributed by atoms with Crippen LogP contribution in [0.4, 0.5) is 0 Å². The van der Waals surface area contributed by atoms with E-state index in [9.17, 15) is 5.11 Å². The third-order valence-electron chi connectivity index (χ3n) is 2.99. The number of hydrogen-bond donors (Lipinski definition) is 1. The van der Waals surface area contributed by atoms with E-state index in [2.05, 4.69) is 16.9 Å². The van der Waals surface area contributed by atoms with Gasteiger partial charge < -0.3 is 10.0 Å². The van der Waals surface area contributed by atoms with Gasteiger partial charge in [-0.25, -0.2) is 0 Å². The number of aromatic nitrogens is 2. The van der Waals surface area contributed by atoms with E-state index < -0.39 is 0 Å². The predicted molar refractivity (Wildman–Crippen MR) is 75.0 cm³/mol. The standard InChI is InChI=1S/C13H24ClN3O/c1-4-5-11(18)6-7-13-12(14)10-15-17(13)9-8-16(2)3/h10-11,18H,4-9H2,1-3H3. The van der Waals surface area contributed by atoms with E-state index in [-0.39, 0.29) is 6.10 Å². The van der Waals surface area contributed by atoms with Crippen LogP contribution in [0.25, 0.3) is 0 Å². The molecule has 0 spiro atoms. The molecule has 104 valence electrons. The number of likely N-dealkylation sites (N-methyl/N-ethyl adjacent to an activating group) is 1. The summed E-state index contributed by atoms with van der Waals surface area (Å²) >= 11 is 6.14. The topological polar surface area (TPSA) is 41.3 Å². The Hall–Kier alpha value is -0.580. The van der Waals surface area contributed by atoms with Gasteiger partial charge in [-0.05, 0) is 33.4 Å². The fourth-order valence-corrected chi connectivity index (χ4v) is 2.14. The monoisotopic (exact) mass is 273 g/mol. The lowest BCUT2D eigenvalue weighted by Crippen LogP contribution is -2.20. The molecule has 0 aliphatic carbocycles. The van der Waals surface area contributed by atoms with Gasteiger partial charge in [0.15, 0.2) is 0 Å². The predicted octanol–water partition coefficient (Wildman–Crippen LogP) is 2.19. The summed E-state index contributed by atoms with van der Waals surface area (Å²) in [5, 5.41) is 14.8. The van der Waals surface area contributed by atoms with Crippen LogP contribution >= 0.6 is 11.6 Å². The highest BCUT2D eigenvalue weighted by atomic mass is 35.5. The number of aliphatic hydroxyl groups is 1. The smallest absolute Gasteiger partial charge is 0.0817 e. The van der Waals surface area contributed by atoms with Gasteiger partial charge in [0.25, 0.3) is 0 Å². The zero-order chi connectivity index (χ0) is 13.5. The van der Waals surface area contributed by atoms with E-state index in [0.29, 0.717) is 5.02 Å². The van der Waals surface area contributed by atoms with E-state index in [4.69, 9.17) is 11.6 Å². The number of nitrogens with zero attached hydrogens (tertiary/aromatic N) is 3. The molecule has 0 aliphatic heterocycles. The summed E-state index contributed by atoms with van der Waals surface area (Å²) in [6.07, 6.45) is 4.86. The Balaban J connectivity index is 2.55. The molecular weight excluding hydrogens is 250 g/mol. The highest BCUT2D eigenvalue weighted by Gasteiger charge is 2.11. The van der Waals surface area contributed by atoms with Crippen LogP contribution in [0.2, 0.25) is 5.02 Å².